The molecule has 1 aliphatic carbocycles. The van der Waals surface area contributed by atoms with Gasteiger partial charge in [-0.3, -0.25) is 9.58 Å². The number of morpholine rings is 1. The fraction of sp³-hybridized carbons (Fsp3) is 0.600. The van der Waals surface area contributed by atoms with Crippen LogP contribution >= 0.6 is 11.6 Å². The smallest absolute Gasteiger partial charge is 0.256 e. The lowest BCUT2D eigenvalue weighted by Crippen LogP contribution is -2.51. The van der Waals surface area contributed by atoms with Crippen molar-refractivity contribution in [2.75, 3.05) is 31.6 Å². The molecule has 1 saturated heterocycles. The molecule has 1 N–H and O–H groups in total. The Kier molecular flexibility index (Phi) is 12.2. The molecule has 0 radical (unpaired) electrons. The molecule has 0 unspecified atom stereocenters. The van der Waals surface area contributed by atoms with Crippen molar-refractivity contribution in [2.24, 2.45) is 0 Å². The summed E-state index contributed by atoms with van der Waals surface area (Å²) in [6.45, 7) is 14.0. The Balaban J connectivity index is 1.11. The van der Waals surface area contributed by atoms with E-state index in [1.807, 2.05) is 45.2 Å². The number of hydrogen-bond donors (Lipinski definition) is 1. The Hall–Kier alpha value is -3.85. The highest BCUT2D eigenvalue weighted by atomic mass is 35.5. The highest BCUT2D eigenvalue weighted by molar-refractivity contribution is 6.32. The zero-order valence-electron chi connectivity index (χ0n) is 29.6. The third kappa shape index (κ3) is 9.68. The number of rotatable bonds is 15. The van der Waals surface area contributed by atoms with Crippen molar-refractivity contribution in [3.63, 3.8) is 0 Å². The Morgan fingerprint density at radius 1 is 0.980 bits per heavy atom. The van der Waals surface area contributed by atoms with E-state index in [4.69, 9.17) is 35.6 Å². The van der Waals surface area contributed by atoms with Gasteiger partial charge in [-0.2, -0.15) is 0 Å². The van der Waals surface area contributed by atoms with E-state index in [1.54, 1.807) is 23.4 Å². The van der Waals surface area contributed by atoms with E-state index in [2.05, 4.69) is 54.2 Å². The third-order valence-corrected chi connectivity index (χ3v) is 9.32. The summed E-state index contributed by atoms with van der Waals surface area (Å²) in [6.07, 6.45) is 12.8. The minimum absolute atomic E-state index is 0.185. The largest absolute Gasteiger partial charge is 0.487 e. The Labute approximate surface area is 298 Å². The molecule has 4 heterocycles. The second-order valence-electron chi connectivity index (χ2n) is 13.6. The van der Waals surface area contributed by atoms with Crippen LogP contribution in [0.1, 0.15) is 72.8 Å². The number of nitrogens with one attached hydrogen (secondary N) is 1. The summed E-state index contributed by atoms with van der Waals surface area (Å²) in [5.74, 6) is 1.54. The summed E-state index contributed by atoms with van der Waals surface area (Å²) in [5.41, 5.74) is 2.44. The Morgan fingerprint density at radius 2 is 1.72 bits per heavy atom. The Morgan fingerprint density at radius 3 is 2.42 bits per heavy atom. The number of anilines is 2. The number of hydrogen-bond acceptors (Lipinski definition) is 12. The van der Waals surface area contributed by atoms with E-state index in [0.717, 1.165) is 62.0 Å². The van der Waals surface area contributed by atoms with Gasteiger partial charge in [0.25, 0.3) is 5.88 Å². The predicted molar refractivity (Wildman–Crippen MR) is 190 cm³/mol. The van der Waals surface area contributed by atoms with Gasteiger partial charge in [-0.15, -0.1) is 10.2 Å². The van der Waals surface area contributed by atoms with E-state index in [-0.39, 0.29) is 24.4 Å². The molecule has 50 heavy (non-hydrogen) atoms. The van der Waals surface area contributed by atoms with Gasteiger partial charge in [0.1, 0.15) is 23.9 Å². The molecule has 3 atom stereocenters. The molecule has 6 rings (SSSR count). The van der Waals surface area contributed by atoms with Crippen molar-refractivity contribution in [3.05, 3.63) is 48.1 Å². The second kappa shape index (κ2) is 16.9. The first-order chi connectivity index (χ1) is 24.2. The average molecular weight is 709 g/mol. The first kappa shape index (κ1) is 36.0. The van der Waals surface area contributed by atoms with Crippen LogP contribution in [0.5, 0.6) is 11.6 Å². The summed E-state index contributed by atoms with van der Waals surface area (Å²) in [4.78, 5) is 11.9. The molecule has 270 valence electrons. The molecule has 2 aliphatic rings. The molecular formula is C35H49ClN10O4. The standard InChI is InChI=1S/C35H49ClN10O4/c1-23(2)47-13-6-14-48-34-32(21-46(41-34)30-10-8-29(9-11-30)44-18-24(3)49-25(4)19-44)40-35-37-16-28(17-38-35)27-7-12-31(36)33(15-27)50-26(5)20-45-22-39-42-43-45/h7,12,15-17,21-26,29-30H,6,8-11,13-14,18-20H2,1-5H3,(H,37,38,40)/t24-,25+,26-,29-,30-/m0/s1. The molecule has 2 fully saturated rings. The number of tetrazole rings is 1. The van der Waals surface area contributed by atoms with Crippen molar-refractivity contribution >= 4 is 23.2 Å². The van der Waals surface area contributed by atoms with Gasteiger partial charge in [-0.05, 0) is 88.4 Å². The van der Waals surface area contributed by atoms with Crippen LogP contribution in [0.4, 0.5) is 11.6 Å². The van der Waals surface area contributed by atoms with E-state index >= 15 is 0 Å². The van der Waals surface area contributed by atoms with Crippen molar-refractivity contribution in [3.8, 4) is 22.8 Å². The average Bonchev–Trinajstić information content (AvgIpc) is 3.75. The molecule has 0 bridgehead atoms. The highest BCUT2D eigenvalue weighted by Crippen LogP contribution is 2.36. The first-order valence-electron chi connectivity index (χ1n) is 17.7. The summed E-state index contributed by atoms with van der Waals surface area (Å²) in [6, 6.07) is 6.49. The van der Waals surface area contributed by atoms with Gasteiger partial charge >= 0.3 is 0 Å². The highest BCUT2D eigenvalue weighted by Gasteiger charge is 2.32. The lowest BCUT2D eigenvalue weighted by atomic mass is 9.89. The van der Waals surface area contributed by atoms with Crippen LogP contribution in [-0.2, 0) is 16.0 Å². The lowest BCUT2D eigenvalue weighted by molar-refractivity contribution is -0.0852. The van der Waals surface area contributed by atoms with Crippen LogP contribution in [0.15, 0.2) is 43.1 Å². The summed E-state index contributed by atoms with van der Waals surface area (Å²) in [7, 11) is 0. The molecule has 1 aromatic carbocycles. The number of benzene rings is 1. The molecule has 1 saturated carbocycles. The number of aromatic nitrogens is 8. The molecule has 0 amide bonds. The van der Waals surface area contributed by atoms with E-state index < -0.39 is 0 Å². The van der Waals surface area contributed by atoms with Gasteiger partial charge in [0.15, 0.2) is 0 Å². The van der Waals surface area contributed by atoms with Crippen LogP contribution in [0.2, 0.25) is 5.02 Å². The first-order valence-corrected chi connectivity index (χ1v) is 18.1. The molecule has 3 aromatic heterocycles. The van der Waals surface area contributed by atoms with Gasteiger partial charge in [0, 0.05) is 43.5 Å². The number of nitrogens with zero attached hydrogens (tertiary/aromatic N) is 9. The predicted octanol–water partition coefficient (Wildman–Crippen LogP) is 5.98. The molecule has 1 aliphatic heterocycles. The minimum atomic E-state index is -0.207. The Bertz CT molecular complexity index is 1620. The normalized spacial score (nSPS) is 22.1. The van der Waals surface area contributed by atoms with E-state index in [0.29, 0.717) is 54.4 Å². The molecule has 4 aromatic rings. The zero-order valence-corrected chi connectivity index (χ0v) is 30.4. The van der Waals surface area contributed by atoms with Gasteiger partial charge in [0.05, 0.1) is 55.3 Å². The fourth-order valence-corrected chi connectivity index (χ4v) is 6.88. The van der Waals surface area contributed by atoms with Crippen LogP contribution in [0, 0.1) is 0 Å². The maximum absolute atomic E-state index is 6.47. The fourth-order valence-electron chi connectivity index (χ4n) is 6.72. The van der Waals surface area contributed by atoms with Crippen molar-refractivity contribution in [1.29, 1.82) is 0 Å². The molecular weight excluding hydrogens is 660 g/mol. The van der Waals surface area contributed by atoms with E-state index in [9.17, 15) is 0 Å². The quantitative estimate of drug-likeness (QED) is 0.145. The van der Waals surface area contributed by atoms with Gasteiger partial charge in [0.2, 0.25) is 5.95 Å². The van der Waals surface area contributed by atoms with Gasteiger partial charge in [-0.25, -0.2) is 14.6 Å². The SMILES string of the molecule is CC(C)OCCCOc1nn([C@H]2CC[C@H](N3C[C@@H](C)O[C@@H](C)C3)CC2)cc1Nc1ncc(-c2ccc(Cl)c(O[C@@H](C)Cn3cnnn3)c2)cn1. The van der Waals surface area contributed by atoms with Crippen molar-refractivity contribution in [2.45, 2.75) is 110 Å². The number of ether oxygens (including phenoxy) is 4. The van der Waals surface area contributed by atoms with Crippen molar-refractivity contribution < 1.29 is 18.9 Å². The molecule has 15 heteroatoms. The third-order valence-electron chi connectivity index (χ3n) is 9.01. The van der Waals surface area contributed by atoms with Gasteiger partial charge < -0.3 is 24.3 Å². The monoisotopic (exact) mass is 708 g/mol. The summed E-state index contributed by atoms with van der Waals surface area (Å²) < 4.78 is 27.7. The maximum Gasteiger partial charge on any atom is 0.256 e. The molecule has 14 nitrogen and oxygen atoms in total. The van der Waals surface area contributed by atoms with Crippen LogP contribution in [-0.4, -0.2) is 102 Å². The van der Waals surface area contributed by atoms with Crippen LogP contribution < -0.4 is 14.8 Å². The summed E-state index contributed by atoms with van der Waals surface area (Å²) in [5, 5.41) is 20.0. The maximum atomic E-state index is 6.47. The lowest BCUT2D eigenvalue weighted by Gasteiger charge is -2.42. The topological polar surface area (TPSA) is 139 Å². The second-order valence-corrected chi connectivity index (χ2v) is 14.1. The van der Waals surface area contributed by atoms with Crippen LogP contribution in [0.3, 0.4) is 0 Å². The number of halogens is 1. The molecule has 0 spiro atoms. The van der Waals surface area contributed by atoms with Crippen molar-refractivity contribution in [1.82, 2.24) is 44.9 Å². The zero-order chi connectivity index (χ0) is 35.0. The minimum Gasteiger partial charge on any atom is -0.487 e. The van der Waals surface area contributed by atoms with Crippen LogP contribution in [0.25, 0.3) is 11.1 Å². The van der Waals surface area contributed by atoms with E-state index in [1.165, 1.54) is 0 Å². The van der Waals surface area contributed by atoms with Gasteiger partial charge in [-0.1, -0.05) is 17.7 Å². The summed E-state index contributed by atoms with van der Waals surface area (Å²) >= 11 is 6.47.